The molecule has 1 fully saturated rings. The Bertz CT molecular complexity index is 419. The molecule has 19 heavy (non-hydrogen) atoms. The van der Waals surface area contributed by atoms with Crippen molar-refractivity contribution in [3.8, 4) is 0 Å². The number of carbonyl (C=O) groups excluding carboxylic acids is 1. The molecule has 1 saturated carbocycles. The number of nitrogens with one attached hydrogen (secondary N) is 1. The van der Waals surface area contributed by atoms with Crippen LogP contribution in [0, 0.1) is 2.88 Å². The number of carbonyl (C=O) groups is 1. The molecule has 0 atom stereocenters. The van der Waals surface area contributed by atoms with Crippen molar-refractivity contribution in [1.29, 1.82) is 0 Å². The molecule has 0 aliphatic heterocycles. The van der Waals surface area contributed by atoms with Gasteiger partial charge in [-0.25, -0.2) is 0 Å². The number of hydrogen-bond donors (Lipinski definition) is 2. The van der Waals surface area contributed by atoms with E-state index in [1.54, 1.807) is 11.3 Å². The van der Waals surface area contributed by atoms with Gasteiger partial charge in [-0.2, -0.15) is 0 Å². The van der Waals surface area contributed by atoms with Crippen LogP contribution in [0.15, 0.2) is 12.1 Å². The summed E-state index contributed by atoms with van der Waals surface area (Å²) in [5.74, 6) is 0.0356. The molecule has 0 spiro atoms. The van der Waals surface area contributed by atoms with Gasteiger partial charge in [0.2, 0.25) is 5.91 Å². The minimum Gasteiger partial charge on any atom is -0.354 e. The second kappa shape index (κ2) is 7.81. The van der Waals surface area contributed by atoms with Gasteiger partial charge >= 0.3 is 0 Å². The number of rotatable bonds is 4. The highest BCUT2D eigenvalue weighted by molar-refractivity contribution is 14.1. The first kappa shape index (κ1) is 17.2. The smallest absolute Gasteiger partial charge is 0.240 e. The normalized spacial score (nSPS) is 17.6. The van der Waals surface area contributed by atoms with E-state index >= 15 is 0 Å². The second-order valence-electron chi connectivity index (χ2n) is 4.93. The lowest BCUT2D eigenvalue weighted by Crippen LogP contribution is -2.55. The van der Waals surface area contributed by atoms with Gasteiger partial charge in [0.05, 0.1) is 8.42 Å². The Labute approximate surface area is 138 Å². The van der Waals surface area contributed by atoms with Gasteiger partial charge in [0.1, 0.15) is 0 Å². The molecule has 108 valence electrons. The highest BCUT2D eigenvalue weighted by atomic mass is 127. The molecule has 0 bridgehead atoms. The molecule has 1 aromatic heterocycles. The summed E-state index contributed by atoms with van der Waals surface area (Å²) in [6.07, 6.45) is 5.92. The van der Waals surface area contributed by atoms with Gasteiger partial charge in [0.25, 0.3) is 0 Å². The van der Waals surface area contributed by atoms with E-state index in [1.807, 2.05) is 0 Å². The van der Waals surface area contributed by atoms with Gasteiger partial charge in [-0.1, -0.05) is 19.3 Å². The summed E-state index contributed by atoms with van der Waals surface area (Å²) in [4.78, 5) is 13.4. The third-order valence-corrected chi connectivity index (χ3v) is 5.44. The molecular formula is C13H20ClIN2OS. The molecule has 0 aromatic carbocycles. The molecule has 1 heterocycles. The Hall–Kier alpha value is 0.150. The molecule has 1 aliphatic carbocycles. The van der Waals surface area contributed by atoms with Gasteiger partial charge in [-0.3, -0.25) is 4.79 Å². The van der Waals surface area contributed by atoms with E-state index in [4.69, 9.17) is 5.73 Å². The molecule has 1 aliphatic rings. The van der Waals surface area contributed by atoms with Crippen LogP contribution in [-0.2, 0) is 11.2 Å². The lowest BCUT2D eigenvalue weighted by molar-refractivity contribution is -0.127. The van der Waals surface area contributed by atoms with Crippen LogP contribution in [0.2, 0.25) is 0 Å². The maximum absolute atomic E-state index is 12.1. The van der Waals surface area contributed by atoms with Crippen molar-refractivity contribution < 1.29 is 4.79 Å². The summed E-state index contributed by atoms with van der Waals surface area (Å²) < 4.78 is 1.29. The van der Waals surface area contributed by atoms with Crippen LogP contribution in [0.3, 0.4) is 0 Å². The zero-order chi connectivity index (χ0) is 13.0. The number of amides is 1. The Balaban J connectivity index is 0.00000180. The largest absolute Gasteiger partial charge is 0.354 e. The zero-order valence-corrected chi connectivity index (χ0v) is 14.6. The van der Waals surface area contributed by atoms with Gasteiger partial charge in [0, 0.05) is 11.4 Å². The predicted octanol–water partition coefficient (Wildman–Crippen LogP) is 3.09. The fraction of sp³-hybridized carbons (Fsp3) is 0.615. The topological polar surface area (TPSA) is 55.1 Å². The quantitative estimate of drug-likeness (QED) is 0.744. The predicted molar refractivity (Wildman–Crippen MR) is 91.0 cm³/mol. The highest BCUT2D eigenvalue weighted by Gasteiger charge is 2.34. The van der Waals surface area contributed by atoms with Crippen molar-refractivity contribution in [2.24, 2.45) is 5.73 Å². The van der Waals surface area contributed by atoms with Crippen LogP contribution in [0.5, 0.6) is 0 Å². The van der Waals surface area contributed by atoms with Crippen molar-refractivity contribution in [2.75, 3.05) is 6.54 Å². The number of hydrogen-bond acceptors (Lipinski definition) is 3. The standard InChI is InChI=1S/C13H19IN2OS.ClH/c14-11-5-4-10(18-11)6-9-16-12(17)13(15)7-2-1-3-8-13;/h4-5H,1-3,6-9,15H2,(H,16,17);1H. The summed E-state index contributed by atoms with van der Waals surface area (Å²) in [6.45, 7) is 0.689. The lowest BCUT2D eigenvalue weighted by Gasteiger charge is -2.31. The number of thiophene rings is 1. The van der Waals surface area contributed by atoms with E-state index in [0.717, 1.165) is 32.1 Å². The monoisotopic (exact) mass is 414 g/mol. The number of halogens is 2. The van der Waals surface area contributed by atoms with E-state index in [-0.39, 0.29) is 18.3 Å². The number of nitrogens with two attached hydrogens (primary N) is 1. The van der Waals surface area contributed by atoms with E-state index in [1.165, 1.54) is 14.2 Å². The Morgan fingerprint density at radius 2 is 2.05 bits per heavy atom. The second-order valence-corrected chi connectivity index (χ2v) is 7.99. The third-order valence-electron chi connectivity index (χ3n) is 3.48. The van der Waals surface area contributed by atoms with Crippen LogP contribution in [0.25, 0.3) is 0 Å². The molecule has 1 amide bonds. The average molecular weight is 415 g/mol. The van der Waals surface area contributed by atoms with E-state index in [0.29, 0.717) is 6.54 Å². The SMILES string of the molecule is Cl.NC1(C(=O)NCCc2ccc(I)s2)CCCCC1. The molecule has 2 rings (SSSR count). The summed E-state index contributed by atoms with van der Waals surface area (Å²) >= 11 is 4.09. The molecule has 1 aromatic rings. The van der Waals surface area contributed by atoms with Crippen LogP contribution in [-0.4, -0.2) is 18.0 Å². The highest BCUT2D eigenvalue weighted by Crippen LogP contribution is 2.26. The zero-order valence-electron chi connectivity index (χ0n) is 10.8. The van der Waals surface area contributed by atoms with E-state index in [9.17, 15) is 4.79 Å². The van der Waals surface area contributed by atoms with Crippen molar-refractivity contribution in [3.05, 3.63) is 19.9 Å². The van der Waals surface area contributed by atoms with Gasteiger partial charge in [-0.05, 0) is 54.0 Å². The Kier molecular flexibility index (Phi) is 7.07. The molecule has 3 nitrogen and oxygen atoms in total. The van der Waals surface area contributed by atoms with Crippen molar-refractivity contribution in [3.63, 3.8) is 0 Å². The maximum Gasteiger partial charge on any atom is 0.240 e. The van der Waals surface area contributed by atoms with Crippen molar-refractivity contribution in [1.82, 2.24) is 5.32 Å². The maximum atomic E-state index is 12.1. The Morgan fingerprint density at radius 3 is 2.63 bits per heavy atom. The molecule has 6 heteroatoms. The van der Waals surface area contributed by atoms with Crippen LogP contribution < -0.4 is 11.1 Å². The van der Waals surface area contributed by atoms with Crippen molar-refractivity contribution in [2.45, 2.75) is 44.1 Å². The third kappa shape index (κ3) is 4.88. The fourth-order valence-electron chi connectivity index (χ4n) is 2.37. The van der Waals surface area contributed by atoms with Crippen molar-refractivity contribution >= 4 is 52.2 Å². The van der Waals surface area contributed by atoms with Crippen LogP contribution in [0.1, 0.15) is 37.0 Å². The van der Waals surface area contributed by atoms with E-state index in [2.05, 4.69) is 40.0 Å². The first-order valence-electron chi connectivity index (χ1n) is 6.41. The van der Waals surface area contributed by atoms with E-state index < -0.39 is 5.54 Å². The molecule has 0 unspecified atom stereocenters. The fourth-order valence-corrected chi connectivity index (χ4v) is 4.13. The van der Waals surface area contributed by atoms with Crippen LogP contribution in [0.4, 0.5) is 0 Å². The first-order chi connectivity index (χ1) is 8.60. The molecular weight excluding hydrogens is 395 g/mol. The van der Waals surface area contributed by atoms with Gasteiger partial charge in [0.15, 0.2) is 0 Å². The summed E-state index contributed by atoms with van der Waals surface area (Å²) in [6, 6.07) is 4.23. The average Bonchev–Trinajstić information content (AvgIpc) is 2.76. The summed E-state index contributed by atoms with van der Waals surface area (Å²) in [5, 5.41) is 2.99. The lowest BCUT2D eigenvalue weighted by atomic mass is 9.82. The molecule has 0 radical (unpaired) electrons. The molecule has 3 N–H and O–H groups in total. The minimum atomic E-state index is -0.609. The Morgan fingerprint density at radius 1 is 1.37 bits per heavy atom. The summed E-state index contributed by atoms with van der Waals surface area (Å²) in [7, 11) is 0. The summed E-state index contributed by atoms with van der Waals surface area (Å²) in [5.41, 5.74) is 5.57. The van der Waals surface area contributed by atoms with Gasteiger partial charge < -0.3 is 11.1 Å². The van der Waals surface area contributed by atoms with Crippen LogP contribution >= 0.6 is 46.3 Å². The minimum absolute atomic E-state index is 0. The molecule has 0 saturated heterocycles. The first-order valence-corrected chi connectivity index (χ1v) is 8.31. The van der Waals surface area contributed by atoms with Gasteiger partial charge in [-0.15, -0.1) is 23.7 Å².